The summed E-state index contributed by atoms with van der Waals surface area (Å²) in [5.74, 6) is 0.571. The first-order valence-corrected chi connectivity index (χ1v) is 7.09. The summed E-state index contributed by atoms with van der Waals surface area (Å²) in [6.45, 7) is 7.12. The molecule has 0 radical (unpaired) electrons. The molecule has 0 aliphatic carbocycles. The van der Waals surface area contributed by atoms with Crippen LogP contribution in [-0.4, -0.2) is 12.6 Å². The molecule has 104 valence electrons. The number of nitrogens with zero attached hydrogens (tertiary/aromatic N) is 1. The lowest BCUT2D eigenvalue weighted by atomic mass is 10.1. The summed E-state index contributed by atoms with van der Waals surface area (Å²) in [5.41, 5.74) is 1.12. The summed E-state index contributed by atoms with van der Waals surface area (Å²) in [6, 6.07) is 8.07. The number of benzene rings is 1. The Labute approximate surface area is 120 Å². The highest BCUT2D eigenvalue weighted by molar-refractivity contribution is 6.32. The van der Waals surface area contributed by atoms with Crippen LogP contribution in [0.3, 0.4) is 0 Å². The fourth-order valence-electron chi connectivity index (χ4n) is 1.71. The number of nitrogens with one attached hydrogen (secondary N) is 1. The van der Waals surface area contributed by atoms with Gasteiger partial charge in [-0.1, -0.05) is 31.5 Å². The third-order valence-corrected chi connectivity index (χ3v) is 3.24. The van der Waals surface area contributed by atoms with Crippen LogP contribution in [-0.2, 0) is 0 Å². The van der Waals surface area contributed by atoms with Gasteiger partial charge in [-0.05, 0) is 44.0 Å². The van der Waals surface area contributed by atoms with Crippen molar-refractivity contribution in [1.82, 2.24) is 5.32 Å². The van der Waals surface area contributed by atoms with Crippen LogP contribution >= 0.6 is 11.6 Å². The third-order valence-electron chi connectivity index (χ3n) is 2.94. The number of halogens is 1. The number of hydrogen-bond donors (Lipinski definition) is 1. The molecule has 2 atom stereocenters. The normalized spacial score (nSPS) is 13.6. The zero-order valence-electron chi connectivity index (χ0n) is 11.7. The van der Waals surface area contributed by atoms with Crippen LogP contribution in [0, 0.1) is 11.3 Å². The Hall–Kier alpha value is -1.24. The Morgan fingerprint density at radius 1 is 1.42 bits per heavy atom. The minimum Gasteiger partial charge on any atom is -0.474 e. The van der Waals surface area contributed by atoms with Gasteiger partial charge in [0.25, 0.3) is 0 Å². The Bertz CT molecular complexity index is 442. The molecule has 0 saturated carbocycles. The summed E-state index contributed by atoms with van der Waals surface area (Å²) < 4.78 is 5.55. The molecular weight excluding hydrogens is 260 g/mol. The molecule has 0 aliphatic heterocycles. The van der Waals surface area contributed by atoms with Gasteiger partial charge in [0.1, 0.15) is 11.8 Å². The van der Waals surface area contributed by atoms with Gasteiger partial charge in [-0.15, -0.1) is 0 Å². The van der Waals surface area contributed by atoms with Crippen molar-refractivity contribution in [2.75, 3.05) is 6.54 Å². The molecule has 0 fully saturated rings. The van der Waals surface area contributed by atoms with Crippen molar-refractivity contribution in [3.63, 3.8) is 0 Å². The lowest BCUT2D eigenvalue weighted by molar-refractivity contribution is 0.252. The highest BCUT2D eigenvalue weighted by Gasteiger charge is 2.11. The van der Waals surface area contributed by atoms with E-state index in [-0.39, 0.29) is 6.04 Å². The second-order valence-corrected chi connectivity index (χ2v) is 4.92. The number of ether oxygens (including phenoxy) is 1. The molecule has 4 heteroatoms. The molecule has 0 spiro atoms. The number of hydrogen-bond acceptors (Lipinski definition) is 3. The van der Waals surface area contributed by atoms with Crippen LogP contribution in [0.1, 0.15) is 45.2 Å². The van der Waals surface area contributed by atoms with E-state index in [1.54, 1.807) is 0 Å². The van der Waals surface area contributed by atoms with Crippen molar-refractivity contribution < 1.29 is 4.74 Å². The fraction of sp³-hybridized carbons (Fsp3) is 0.533. The van der Waals surface area contributed by atoms with E-state index in [0.717, 1.165) is 18.5 Å². The van der Waals surface area contributed by atoms with Gasteiger partial charge in [0.05, 0.1) is 5.02 Å². The predicted octanol–water partition coefficient (Wildman–Crippen LogP) is 4.08. The van der Waals surface area contributed by atoms with E-state index in [1.165, 1.54) is 0 Å². The van der Waals surface area contributed by atoms with Crippen LogP contribution in [0.5, 0.6) is 5.75 Å². The van der Waals surface area contributed by atoms with Gasteiger partial charge in [-0.2, -0.15) is 5.26 Å². The zero-order chi connectivity index (χ0) is 14.3. The van der Waals surface area contributed by atoms with Gasteiger partial charge < -0.3 is 10.1 Å². The van der Waals surface area contributed by atoms with Crippen LogP contribution in [0.4, 0.5) is 0 Å². The topological polar surface area (TPSA) is 45.0 Å². The summed E-state index contributed by atoms with van der Waals surface area (Å²) in [6.07, 6.45) is 1.29. The second kappa shape index (κ2) is 8.04. The van der Waals surface area contributed by atoms with E-state index in [0.29, 0.717) is 17.2 Å². The van der Waals surface area contributed by atoms with Crippen LogP contribution < -0.4 is 10.1 Å². The minimum atomic E-state index is -0.445. The van der Waals surface area contributed by atoms with E-state index in [2.05, 4.69) is 25.2 Å². The molecule has 0 amide bonds. The molecule has 1 aromatic rings. The molecule has 1 N–H and O–H groups in total. The highest BCUT2D eigenvalue weighted by Crippen LogP contribution is 2.29. The largest absolute Gasteiger partial charge is 0.474 e. The first-order valence-electron chi connectivity index (χ1n) is 6.71. The Morgan fingerprint density at radius 2 is 2.16 bits per heavy atom. The van der Waals surface area contributed by atoms with Gasteiger partial charge in [0.2, 0.25) is 0 Å². The van der Waals surface area contributed by atoms with Gasteiger partial charge in [0.15, 0.2) is 6.10 Å². The van der Waals surface area contributed by atoms with Crippen LogP contribution in [0.2, 0.25) is 5.02 Å². The summed E-state index contributed by atoms with van der Waals surface area (Å²) >= 11 is 6.20. The summed E-state index contributed by atoms with van der Waals surface area (Å²) in [4.78, 5) is 0. The van der Waals surface area contributed by atoms with Crippen molar-refractivity contribution in [3.05, 3.63) is 28.8 Å². The highest BCUT2D eigenvalue weighted by atomic mass is 35.5. The maximum atomic E-state index is 8.89. The van der Waals surface area contributed by atoms with Gasteiger partial charge >= 0.3 is 0 Å². The monoisotopic (exact) mass is 280 g/mol. The average Bonchev–Trinajstić information content (AvgIpc) is 2.43. The lowest BCUT2D eigenvalue weighted by Gasteiger charge is -2.16. The minimum absolute atomic E-state index is 0.254. The van der Waals surface area contributed by atoms with Gasteiger partial charge in [0, 0.05) is 6.04 Å². The lowest BCUT2D eigenvalue weighted by Crippen LogP contribution is -2.19. The smallest absolute Gasteiger partial charge is 0.184 e. The Kier molecular flexibility index (Phi) is 6.69. The molecule has 0 aromatic heterocycles. The molecule has 0 heterocycles. The van der Waals surface area contributed by atoms with Crippen molar-refractivity contribution in [2.45, 2.75) is 45.8 Å². The predicted molar refractivity (Wildman–Crippen MR) is 78.5 cm³/mol. The quantitative estimate of drug-likeness (QED) is 0.818. The third kappa shape index (κ3) is 4.74. The van der Waals surface area contributed by atoms with E-state index in [1.807, 2.05) is 25.1 Å². The van der Waals surface area contributed by atoms with Crippen molar-refractivity contribution in [2.24, 2.45) is 0 Å². The average molecular weight is 281 g/mol. The van der Waals surface area contributed by atoms with E-state index >= 15 is 0 Å². The standard InChI is InChI=1S/C15H21ClN2O/c1-4-8-18-11(3)12-6-7-15(14(16)9-12)19-13(5-2)10-17/h6-7,9,11,13,18H,4-5,8H2,1-3H3. The summed E-state index contributed by atoms with van der Waals surface area (Å²) in [5, 5.41) is 12.8. The Morgan fingerprint density at radius 3 is 2.68 bits per heavy atom. The molecule has 0 bridgehead atoms. The molecule has 1 rings (SSSR count). The fourth-order valence-corrected chi connectivity index (χ4v) is 1.95. The van der Waals surface area contributed by atoms with Crippen molar-refractivity contribution in [1.29, 1.82) is 5.26 Å². The number of rotatable bonds is 7. The van der Waals surface area contributed by atoms with Gasteiger partial charge in [-0.25, -0.2) is 0 Å². The Balaban J connectivity index is 2.77. The van der Waals surface area contributed by atoms with E-state index < -0.39 is 6.10 Å². The maximum Gasteiger partial charge on any atom is 0.184 e. The van der Waals surface area contributed by atoms with Gasteiger partial charge in [-0.3, -0.25) is 0 Å². The van der Waals surface area contributed by atoms with Crippen LogP contribution in [0.15, 0.2) is 18.2 Å². The van der Waals surface area contributed by atoms with E-state index in [9.17, 15) is 0 Å². The van der Waals surface area contributed by atoms with E-state index in [4.69, 9.17) is 21.6 Å². The molecule has 1 aromatic carbocycles. The molecular formula is C15H21ClN2O. The first kappa shape index (κ1) is 15.8. The molecule has 0 aliphatic rings. The van der Waals surface area contributed by atoms with Crippen LogP contribution in [0.25, 0.3) is 0 Å². The first-order chi connectivity index (χ1) is 9.12. The zero-order valence-corrected chi connectivity index (χ0v) is 12.5. The number of nitriles is 1. The summed E-state index contributed by atoms with van der Waals surface area (Å²) in [7, 11) is 0. The maximum absolute atomic E-state index is 8.89. The molecule has 0 saturated heterocycles. The van der Waals surface area contributed by atoms with Crippen molar-refractivity contribution >= 4 is 11.6 Å². The molecule has 19 heavy (non-hydrogen) atoms. The molecule has 2 unspecified atom stereocenters. The SMILES string of the molecule is CCCNC(C)c1ccc(OC(C#N)CC)c(Cl)c1. The second-order valence-electron chi connectivity index (χ2n) is 4.51. The van der Waals surface area contributed by atoms with Crippen molar-refractivity contribution in [3.8, 4) is 11.8 Å². The molecule has 3 nitrogen and oxygen atoms in total.